The fraction of sp³-hybridized carbons (Fsp3) is 0.316. The Morgan fingerprint density at radius 2 is 1.92 bits per heavy atom. The average Bonchev–Trinajstić information content (AvgIpc) is 3.15. The molecule has 0 spiro atoms. The molecule has 2 rings (SSSR count). The van der Waals surface area contributed by atoms with Gasteiger partial charge in [-0.3, -0.25) is 14.4 Å². The van der Waals surface area contributed by atoms with Gasteiger partial charge in [0.2, 0.25) is 0 Å². The molecule has 7 nitrogen and oxygen atoms in total. The van der Waals surface area contributed by atoms with Gasteiger partial charge in [-0.25, -0.2) is 0 Å². The summed E-state index contributed by atoms with van der Waals surface area (Å²) in [5.41, 5.74) is 2.53. The van der Waals surface area contributed by atoms with Crippen LogP contribution in [0.4, 0.5) is 0 Å². The predicted molar refractivity (Wildman–Crippen MR) is 94.5 cm³/mol. The van der Waals surface area contributed by atoms with Gasteiger partial charge in [-0.05, 0) is 56.2 Å². The van der Waals surface area contributed by atoms with Crippen LogP contribution in [0.1, 0.15) is 40.2 Å². The summed E-state index contributed by atoms with van der Waals surface area (Å²) in [5, 5.41) is 5.11. The third-order valence-corrected chi connectivity index (χ3v) is 3.87. The Kier molecular flexibility index (Phi) is 6.54. The minimum atomic E-state index is -0.692. The molecule has 1 heterocycles. The number of carbonyl (C=O) groups excluding carboxylic acids is 3. The number of carbonyl (C=O) groups is 3. The quantitative estimate of drug-likeness (QED) is 0.738. The van der Waals surface area contributed by atoms with Gasteiger partial charge in [0.15, 0.2) is 6.61 Å². The molecule has 0 aliphatic heterocycles. The second-order valence-electron chi connectivity index (χ2n) is 5.95. The zero-order valence-electron chi connectivity index (χ0n) is 15.0. The van der Waals surface area contributed by atoms with Gasteiger partial charge in [0.25, 0.3) is 11.8 Å². The van der Waals surface area contributed by atoms with Crippen molar-refractivity contribution in [1.82, 2.24) is 10.6 Å². The molecule has 1 aromatic heterocycles. The molecule has 0 radical (unpaired) electrons. The van der Waals surface area contributed by atoms with E-state index in [0.717, 1.165) is 11.1 Å². The first-order valence-corrected chi connectivity index (χ1v) is 8.20. The largest absolute Gasteiger partial charge is 0.467 e. The van der Waals surface area contributed by atoms with E-state index in [1.54, 1.807) is 31.2 Å². The Labute approximate surface area is 151 Å². The summed E-state index contributed by atoms with van der Waals surface area (Å²) in [6.45, 7) is 4.87. The van der Waals surface area contributed by atoms with Crippen LogP contribution in [-0.4, -0.2) is 30.9 Å². The number of hydrogen-bond acceptors (Lipinski definition) is 5. The Morgan fingerprint density at radius 1 is 1.15 bits per heavy atom. The highest BCUT2D eigenvalue weighted by atomic mass is 16.5. The maximum absolute atomic E-state index is 12.0. The molecular weight excluding hydrogens is 336 g/mol. The molecule has 2 N–H and O–H groups in total. The summed E-state index contributed by atoms with van der Waals surface area (Å²) < 4.78 is 10.0. The zero-order chi connectivity index (χ0) is 19.1. The predicted octanol–water partition coefficient (Wildman–Crippen LogP) is 2.05. The molecular formula is C19H22N2O5. The molecule has 0 bridgehead atoms. The van der Waals surface area contributed by atoms with Gasteiger partial charge >= 0.3 is 5.97 Å². The van der Waals surface area contributed by atoms with Crippen molar-refractivity contribution in [3.8, 4) is 0 Å². The first-order chi connectivity index (χ1) is 12.4. The van der Waals surface area contributed by atoms with Crippen LogP contribution in [-0.2, 0) is 14.3 Å². The van der Waals surface area contributed by atoms with Gasteiger partial charge in [0, 0.05) is 5.56 Å². The van der Waals surface area contributed by atoms with Gasteiger partial charge in [-0.1, -0.05) is 6.07 Å². The summed E-state index contributed by atoms with van der Waals surface area (Å²) in [6, 6.07) is 8.40. The van der Waals surface area contributed by atoms with Crippen molar-refractivity contribution in [3.05, 3.63) is 59.0 Å². The van der Waals surface area contributed by atoms with Crippen LogP contribution in [0.2, 0.25) is 0 Å². The standard InChI is InChI=1S/C19H22N2O5/c1-12-6-7-15(9-13(12)2)19(24)20-10-18(23)26-11-17(22)21-14(3)16-5-4-8-25-16/h4-9,14H,10-11H2,1-3H3,(H,20,24)(H,21,22)/t14-/m1/s1. The Morgan fingerprint density at radius 3 is 2.58 bits per heavy atom. The lowest BCUT2D eigenvalue weighted by Gasteiger charge is -2.12. The number of furan rings is 1. The van der Waals surface area contributed by atoms with E-state index in [1.807, 2.05) is 19.9 Å². The molecule has 0 saturated heterocycles. The van der Waals surface area contributed by atoms with E-state index in [-0.39, 0.29) is 18.5 Å². The summed E-state index contributed by atoms with van der Waals surface area (Å²) in [5.74, 6) is -0.919. The molecule has 1 aromatic carbocycles. The van der Waals surface area contributed by atoms with E-state index >= 15 is 0 Å². The maximum atomic E-state index is 12.0. The summed E-state index contributed by atoms with van der Waals surface area (Å²) in [7, 11) is 0. The number of benzene rings is 1. The molecule has 2 aromatic rings. The fourth-order valence-electron chi connectivity index (χ4n) is 2.23. The summed E-state index contributed by atoms with van der Waals surface area (Å²) in [6.07, 6.45) is 1.51. The number of esters is 1. The highest BCUT2D eigenvalue weighted by molar-refractivity contribution is 5.96. The third kappa shape index (κ3) is 5.47. The van der Waals surface area contributed by atoms with E-state index in [0.29, 0.717) is 11.3 Å². The third-order valence-electron chi connectivity index (χ3n) is 3.87. The lowest BCUT2D eigenvalue weighted by atomic mass is 10.1. The van der Waals surface area contributed by atoms with Crippen molar-refractivity contribution < 1.29 is 23.5 Å². The van der Waals surface area contributed by atoms with Crippen molar-refractivity contribution in [2.45, 2.75) is 26.8 Å². The van der Waals surface area contributed by atoms with Gasteiger partial charge in [0.1, 0.15) is 12.3 Å². The lowest BCUT2D eigenvalue weighted by Crippen LogP contribution is -2.34. The maximum Gasteiger partial charge on any atom is 0.325 e. The van der Waals surface area contributed by atoms with Gasteiger partial charge < -0.3 is 19.8 Å². The van der Waals surface area contributed by atoms with Crippen molar-refractivity contribution in [1.29, 1.82) is 0 Å². The molecule has 0 aliphatic carbocycles. The SMILES string of the molecule is Cc1ccc(C(=O)NCC(=O)OCC(=O)N[C@H](C)c2ccco2)cc1C. The van der Waals surface area contributed by atoms with Crippen LogP contribution >= 0.6 is 0 Å². The highest BCUT2D eigenvalue weighted by Gasteiger charge is 2.14. The highest BCUT2D eigenvalue weighted by Crippen LogP contribution is 2.12. The normalized spacial score (nSPS) is 11.5. The smallest absolute Gasteiger partial charge is 0.325 e. The molecule has 0 aliphatic rings. The first kappa shape index (κ1) is 19.2. The number of hydrogen-bond donors (Lipinski definition) is 2. The zero-order valence-corrected chi connectivity index (χ0v) is 15.0. The van der Waals surface area contributed by atoms with Gasteiger partial charge in [-0.15, -0.1) is 0 Å². The Hall–Kier alpha value is -3.09. The van der Waals surface area contributed by atoms with Crippen LogP contribution in [0.25, 0.3) is 0 Å². The van der Waals surface area contributed by atoms with E-state index in [1.165, 1.54) is 6.26 Å². The second-order valence-corrected chi connectivity index (χ2v) is 5.95. The summed E-state index contributed by atoms with van der Waals surface area (Å²) >= 11 is 0. The number of nitrogens with one attached hydrogen (secondary N) is 2. The Balaban J connectivity index is 1.72. The number of aryl methyl sites for hydroxylation is 2. The minimum Gasteiger partial charge on any atom is -0.467 e. The Bertz CT molecular complexity index is 783. The number of amides is 2. The molecule has 0 saturated carbocycles. The number of rotatable bonds is 7. The van der Waals surface area contributed by atoms with Crippen LogP contribution in [0.3, 0.4) is 0 Å². The topological polar surface area (TPSA) is 97.6 Å². The van der Waals surface area contributed by atoms with Crippen LogP contribution < -0.4 is 10.6 Å². The van der Waals surface area contributed by atoms with Crippen LogP contribution in [0, 0.1) is 13.8 Å². The summed E-state index contributed by atoms with van der Waals surface area (Å²) in [4.78, 5) is 35.5. The molecule has 0 unspecified atom stereocenters. The minimum absolute atomic E-state index is 0.313. The van der Waals surface area contributed by atoms with E-state index in [4.69, 9.17) is 9.15 Å². The van der Waals surface area contributed by atoms with Gasteiger partial charge in [-0.2, -0.15) is 0 Å². The first-order valence-electron chi connectivity index (χ1n) is 8.20. The van der Waals surface area contributed by atoms with E-state index in [9.17, 15) is 14.4 Å². The lowest BCUT2D eigenvalue weighted by molar-refractivity contribution is -0.147. The van der Waals surface area contributed by atoms with Gasteiger partial charge in [0.05, 0.1) is 12.3 Å². The molecule has 7 heteroatoms. The van der Waals surface area contributed by atoms with Crippen LogP contribution in [0.5, 0.6) is 0 Å². The average molecular weight is 358 g/mol. The second kappa shape index (κ2) is 8.84. The van der Waals surface area contributed by atoms with Crippen LogP contribution in [0.15, 0.2) is 41.0 Å². The van der Waals surface area contributed by atoms with Crippen molar-refractivity contribution in [3.63, 3.8) is 0 Å². The monoisotopic (exact) mass is 358 g/mol. The molecule has 1 atom stereocenters. The van der Waals surface area contributed by atoms with E-state index in [2.05, 4.69) is 10.6 Å². The van der Waals surface area contributed by atoms with Crippen molar-refractivity contribution in [2.75, 3.05) is 13.2 Å². The molecule has 138 valence electrons. The van der Waals surface area contributed by atoms with E-state index < -0.39 is 18.5 Å². The van der Waals surface area contributed by atoms with Crippen molar-refractivity contribution >= 4 is 17.8 Å². The van der Waals surface area contributed by atoms with Crippen molar-refractivity contribution in [2.24, 2.45) is 0 Å². The number of ether oxygens (including phenoxy) is 1. The molecule has 0 fully saturated rings. The molecule has 2 amide bonds. The molecule has 26 heavy (non-hydrogen) atoms. The fourth-order valence-corrected chi connectivity index (χ4v) is 2.23.